The van der Waals surface area contributed by atoms with Crippen LogP contribution in [0.25, 0.3) is 11.8 Å². The number of hydrogen-bond acceptors (Lipinski definition) is 6. The van der Waals surface area contributed by atoms with Crippen molar-refractivity contribution < 1.29 is 18.3 Å². The molecule has 10 heteroatoms. The highest BCUT2D eigenvalue weighted by atomic mass is 19.4. The summed E-state index contributed by atoms with van der Waals surface area (Å²) in [4.78, 5) is 4.50. The maximum Gasteiger partial charge on any atom is 0.416 e. The van der Waals surface area contributed by atoms with Gasteiger partial charge in [-0.15, -0.1) is 5.10 Å². The van der Waals surface area contributed by atoms with Crippen LogP contribution in [0.4, 0.5) is 13.2 Å². The van der Waals surface area contributed by atoms with Crippen molar-refractivity contribution in [2.45, 2.75) is 32.5 Å². The molecule has 0 amide bonds. The molecule has 210 valence electrons. The monoisotopic (exact) mass is 550 g/mol. The van der Waals surface area contributed by atoms with Crippen molar-refractivity contribution in [3.8, 4) is 11.4 Å². The lowest BCUT2D eigenvalue weighted by atomic mass is 9.87. The number of halogens is 3. The molecule has 1 N–H and O–H groups in total. The van der Waals surface area contributed by atoms with Gasteiger partial charge in [0.25, 0.3) is 0 Å². The van der Waals surface area contributed by atoms with Crippen molar-refractivity contribution in [1.82, 2.24) is 30.0 Å². The molecule has 1 saturated heterocycles. The van der Waals surface area contributed by atoms with Gasteiger partial charge in [0.1, 0.15) is 5.75 Å². The largest absolute Gasteiger partial charge is 0.507 e. The molecule has 3 aromatic rings. The lowest BCUT2D eigenvalue weighted by Gasteiger charge is -2.41. The fourth-order valence-corrected chi connectivity index (χ4v) is 5.60. The molecular weight excluding hydrogens is 517 g/mol. The molecule has 0 bridgehead atoms. The summed E-state index contributed by atoms with van der Waals surface area (Å²) in [6, 6.07) is 12.7. The number of rotatable bonds is 7. The molecule has 5 rings (SSSR count). The van der Waals surface area contributed by atoms with Gasteiger partial charge in [0, 0.05) is 44.2 Å². The highest BCUT2D eigenvalue weighted by Gasteiger charge is 2.39. The van der Waals surface area contributed by atoms with E-state index in [0.29, 0.717) is 31.9 Å². The Morgan fingerprint density at radius 2 is 1.75 bits per heavy atom. The van der Waals surface area contributed by atoms with Crippen LogP contribution in [0.5, 0.6) is 5.75 Å². The first-order valence-corrected chi connectivity index (χ1v) is 13.4. The van der Waals surface area contributed by atoms with E-state index in [4.69, 9.17) is 0 Å². The Bertz CT molecular complexity index is 1400. The van der Waals surface area contributed by atoms with Crippen molar-refractivity contribution in [2.75, 3.05) is 32.7 Å². The second kappa shape index (κ2) is 11.8. The zero-order valence-electron chi connectivity index (χ0n) is 22.6. The van der Waals surface area contributed by atoms with Crippen LogP contribution < -0.4 is 0 Å². The van der Waals surface area contributed by atoms with Crippen LogP contribution >= 0.6 is 0 Å². The number of phenols is 1. The third-order valence-corrected chi connectivity index (χ3v) is 7.64. The van der Waals surface area contributed by atoms with Crippen LogP contribution in [-0.4, -0.2) is 74.0 Å². The van der Waals surface area contributed by atoms with E-state index in [9.17, 15) is 18.3 Å². The second-order valence-electron chi connectivity index (χ2n) is 10.4. The zero-order chi connectivity index (χ0) is 28.3. The molecule has 1 aliphatic heterocycles. The van der Waals surface area contributed by atoms with E-state index < -0.39 is 23.7 Å². The molecule has 1 aromatic heterocycles. The maximum atomic E-state index is 13.7. The summed E-state index contributed by atoms with van der Waals surface area (Å²) >= 11 is 0. The predicted octanol–water partition coefficient (Wildman–Crippen LogP) is 5.42. The molecule has 7 nitrogen and oxygen atoms in total. The average molecular weight is 551 g/mol. The van der Waals surface area contributed by atoms with Crippen LogP contribution in [0, 0.1) is 19.8 Å². The maximum absolute atomic E-state index is 13.7. The predicted molar refractivity (Wildman–Crippen MR) is 148 cm³/mol. The number of nitrogens with zero attached hydrogens (tertiary/aromatic N) is 6. The molecule has 2 aromatic carbocycles. The molecule has 1 unspecified atom stereocenters. The molecular formula is C30H33F3N6O. The Kier molecular flexibility index (Phi) is 8.18. The molecule has 0 radical (unpaired) electrons. The molecule has 2 aliphatic rings. The van der Waals surface area contributed by atoms with Crippen LogP contribution in [-0.2, 0) is 0 Å². The van der Waals surface area contributed by atoms with E-state index in [1.54, 1.807) is 22.9 Å². The third-order valence-electron chi connectivity index (χ3n) is 7.64. The number of aromatic hydroxyl groups is 1. The lowest BCUT2D eigenvalue weighted by Crippen LogP contribution is -2.49. The van der Waals surface area contributed by atoms with Crippen molar-refractivity contribution in [3.05, 3.63) is 94.9 Å². The first kappa shape index (κ1) is 27.8. The minimum atomic E-state index is -4.42. The van der Waals surface area contributed by atoms with Gasteiger partial charge in [0.2, 0.25) is 0 Å². The molecule has 0 spiro atoms. The van der Waals surface area contributed by atoms with E-state index in [1.165, 1.54) is 6.08 Å². The van der Waals surface area contributed by atoms with Crippen molar-refractivity contribution in [1.29, 1.82) is 0 Å². The number of piperazine rings is 1. The minimum Gasteiger partial charge on any atom is -0.507 e. The van der Waals surface area contributed by atoms with E-state index in [-0.39, 0.29) is 5.75 Å². The highest BCUT2D eigenvalue weighted by molar-refractivity contribution is 5.56. The molecule has 1 fully saturated rings. The van der Waals surface area contributed by atoms with Gasteiger partial charge >= 0.3 is 6.18 Å². The first-order chi connectivity index (χ1) is 19.2. The van der Waals surface area contributed by atoms with Gasteiger partial charge in [0.15, 0.2) is 5.82 Å². The average Bonchev–Trinajstić information content (AvgIpc) is 3.39. The fourth-order valence-electron chi connectivity index (χ4n) is 5.60. The summed E-state index contributed by atoms with van der Waals surface area (Å²) in [6.07, 6.45) is 4.08. The van der Waals surface area contributed by atoms with Gasteiger partial charge in [-0.3, -0.25) is 9.80 Å². The number of phenolic OH excluding ortho intramolecular Hbond substituents is 1. The number of alkyl halides is 3. The summed E-state index contributed by atoms with van der Waals surface area (Å²) in [5, 5.41) is 22.7. The normalized spacial score (nSPS) is 19.7. The Morgan fingerprint density at radius 3 is 2.45 bits per heavy atom. The minimum absolute atomic E-state index is 0.237. The van der Waals surface area contributed by atoms with Gasteiger partial charge in [-0.1, -0.05) is 66.8 Å². The van der Waals surface area contributed by atoms with Gasteiger partial charge in [-0.05, 0) is 47.9 Å². The number of aryl methyl sites for hydroxylation is 2. The van der Waals surface area contributed by atoms with E-state index >= 15 is 0 Å². The first-order valence-electron chi connectivity index (χ1n) is 13.4. The van der Waals surface area contributed by atoms with Gasteiger partial charge in [0.05, 0.1) is 17.3 Å². The highest BCUT2D eigenvalue weighted by Crippen LogP contribution is 2.39. The summed E-state index contributed by atoms with van der Waals surface area (Å²) < 4.78 is 42.9. The number of aromatic nitrogens is 4. The van der Waals surface area contributed by atoms with Crippen molar-refractivity contribution in [2.24, 2.45) is 5.92 Å². The Morgan fingerprint density at radius 1 is 1.02 bits per heavy atom. The Labute approximate surface area is 231 Å². The number of para-hydroxylation sites is 2. The quantitative estimate of drug-likeness (QED) is 0.424. The molecule has 2 heterocycles. The van der Waals surface area contributed by atoms with Crippen LogP contribution in [0.2, 0.25) is 0 Å². The lowest BCUT2D eigenvalue weighted by molar-refractivity contribution is -0.0892. The van der Waals surface area contributed by atoms with Gasteiger partial charge in [-0.25, -0.2) is 0 Å². The van der Waals surface area contributed by atoms with Crippen LogP contribution in [0.1, 0.15) is 35.0 Å². The smallest absolute Gasteiger partial charge is 0.416 e. The standard InChI is InChI=1S/C30H33F3N6O/c1-21-8-5-9-22(2)27(21)39-29(34-35-36-39)28(24-11-6-13-25(20-24)30(31,32)33)38-18-16-37(17-19-38)15-7-12-23-10-3-4-14-26(23)40/h3-10,12-14,20,24,28,40H,11,15-19H2,1-2H3/b12-7+/t24?,28-/m0/s1. The fraction of sp³-hybridized carbons (Fsp3) is 0.367. The molecule has 1 aliphatic carbocycles. The number of hydrogen-bond donors (Lipinski definition) is 1. The van der Waals surface area contributed by atoms with Crippen LogP contribution in [0.15, 0.2) is 72.3 Å². The van der Waals surface area contributed by atoms with E-state index in [2.05, 4.69) is 25.3 Å². The van der Waals surface area contributed by atoms with E-state index in [1.807, 2.05) is 56.3 Å². The number of benzene rings is 2. The topological polar surface area (TPSA) is 70.3 Å². The summed E-state index contributed by atoms with van der Waals surface area (Å²) in [5.74, 6) is 0.340. The summed E-state index contributed by atoms with van der Waals surface area (Å²) in [5.41, 5.74) is 2.96. The third kappa shape index (κ3) is 6.03. The molecule has 2 atom stereocenters. The molecule has 40 heavy (non-hydrogen) atoms. The van der Waals surface area contributed by atoms with Gasteiger partial charge < -0.3 is 5.11 Å². The van der Waals surface area contributed by atoms with Crippen LogP contribution in [0.3, 0.4) is 0 Å². The summed E-state index contributed by atoms with van der Waals surface area (Å²) in [7, 11) is 0. The SMILES string of the molecule is Cc1cccc(C)c1-n1nnnc1[C@H](C1C=C(C(F)(F)F)C=CC1)N1CCN(C/C=C/c2ccccc2O)CC1. The Hall–Kier alpha value is -3.76. The Balaban J connectivity index is 1.40. The number of tetrazole rings is 1. The summed E-state index contributed by atoms with van der Waals surface area (Å²) in [6.45, 7) is 7.46. The second-order valence-corrected chi connectivity index (χ2v) is 10.4. The van der Waals surface area contributed by atoms with E-state index in [0.717, 1.165) is 41.5 Å². The van der Waals surface area contributed by atoms with Crippen molar-refractivity contribution in [3.63, 3.8) is 0 Å². The molecule has 0 saturated carbocycles. The number of allylic oxidation sites excluding steroid dienone is 3. The van der Waals surface area contributed by atoms with Gasteiger partial charge in [-0.2, -0.15) is 17.9 Å². The zero-order valence-corrected chi connectivity index (χ0v) is 22.6. The van der Waals surface area contributed by atoms with Crippen molar-refractivity contribution >= 4 is 6.08 Å².